The van der Waals surface area contributed by atoms with Gasteiger partial charge in [-0.1, -0.05) is 0 Å². The first-order chi connectivity index (χ1) is 7.24. The van der Waals surface area contributed by atoms with Gasteiger partial charge in [-0.3, -0.25) is 0 Å². The number of rotatable bonds is 7. The number of nitrogens with zero attached hydrogens (tertiary/aromatic N) is 1. The second-order valence-corrected chi connectivity index (χ2v) is 4.49. The van der Waals surface area contributed by atoms with Crippen molar-refractivity contribution in [1.29, 1.82) is 0 Å². The third kappa shape index (κ3) is 5.95. The lowest BCUT2D eigenvalue weighted by Gasteiger charge is -2.20. The van der Waals surface area contributed by atoms with E-state index >= 15 is 0 Å². The van der Waals surface area contributed by atoms with E-state index in [0.717, 1.165) is 43.8 Å². The van der Waals surface area contributed by atoms with Crippen molar-refractivity contribution in [3.05, 3.63) is 0 Å². The van der Waals surface area contributed by atoms with Gasteiger partial charge in [0.25, 0.3) is 0 Å². The highest BCUT2D eigenvalue weighted by molar-refractivity contribution is 7.80. The maximum Gasteiger partial charge on any atom is 0.168 e. The zero-order chi connectivity index (χ0) is 11.1. The Morgan fingerprint density at radius 1 is 1.53 bits per heavy atom. The van der Waals surface area contributed by atoms with Crippen LogP contribution in [-0.4, -0.2) is 43.4 Å². The molecule has 1 N–H and O–H groups in total. The number of nitrogens with one attached hydrogen (secondary N) is 1. The van der Waals surface area contributed by atoms with Gasteiger partial charge in [-0.25, -0.2) is 0 Å². The smallest absolute Gasteiger partial charge is 0.168 e. The average molecular weight is 230 g/mol. The van der Waals surface area contributed by atoms with Crippen LogP contribution in [0.15, 0.2) is 0 Å². The van der Waals surface area contributed by atoms with Crippen molar-refractivity contribution in [3.63, 3.8) is 0 Å². The minimum Gasteiger partial charge on any atom is -0.382 e. The number of hydrogen-bond acceptors (Lipinski definition) is 2. The average Bonchev–Trinajstić information content (AvgIpc) is 3.01. The Kier molecular flexibility index (Phi) is 5.95. The van der Waals surface area contributed by atoms with Crippen LogP contribution in [0.5, 0.6) is 0 Å². The van der Waals surface area contributed by atoms with E-state index in [9.17, 15) is 0 Å². The molecule has 0 saturated heterocycles. The molecule has 1 aliphatic rings. The van der Waals surface area contributed by atoms with Crippen LogP contribution < -0.4 is 5.32 Å². The molecule has 1 rings (SSSR count). The molecule has 0 heterocycles. The predicted molar refractivity (Wildman–Crippen MR) is 67.1 cm³/mol. The number of hydrogen-bond donors (Lipinski definition) is 1. The number of ether oxygens (including phenoxy) is 1. The van der Waals surface area contributed by atoms with Crippen molar-refractivity contribution in [1.82, 2.24) is 10.2 Å². The van der Waals surface area contributed by atoms with Crippen molar-refractivity contribution in [2.24, 2.45) is 5.92 Å². The molecule has 0 amide bonds. The van der Waals surface area contributed by atoms with Gasteiger partial charge < -0.3 is 15.0 Å². The van der Waals surface area contributed by atoms with Crippen LogP contribution >= 0.6 is 12.2 Å². The molecule has 0 aliphatic heterocycles. The second-order valence-electron chi connectivity index (χ2n) is 4.11. The van der Waals surface area contributed by atoms with E-state index in [4.69, 9.17) is 17.0 Å². The van der Waals surface area contributed by atoms with E-state index in [-0.39, 0.29) is 0 Å². The highest BCUT2D eigenvalue weighted by Gasteiger charge is 2.23. The molecule has 0 aromatic heterocycles. The summed E-state index contributed by atoms with van der Waals surface area (Å²) >= 11 is 5.27. The van der Waals surface area contributed by atoms with E-state index in [1.165, 1.54) is 12.8 Å². The monoisotopic (exact) mass is 230 g/mol. The molecule has 88 valence electrons. The van der Waals surface area contributed by atoms with E-state index in [1.54, 1.807) is 0 Å². The van der Waals surface area contributed by atoms with Crippen LogP contribution in [0.25, 0.3) is 0 Å². The van der Waals surface area contributed by atoms with Crippen LogP contribution in [0.2, 0.25) is 0 Å². The summed E-state index contributed by atoms with van der Waals surface area (Å²) in [5, 5.41) is 4.13. The molecule has 15 heavy (non-hydrogen) atoms. The quantitative estimate of drug-likeness (QED) is 0.531. The van der Waals surface area contributed by atoms with Crippen LogP contribution in [-0.2, 0) is 4.74 Å². The Hall–Kier alpha value is -0.350. The van der Waals surface area contributed by atoms with Crippen molar-refractivity contribution in [3.8, 4) is 0 Å². The Balaban J connectivity index is 1.96. The van der Waals surface area contributed by atoms with Crippen molar-refractivity contribution in [2.75, 3.05) is 33.4 Å². The van der Waals surface area contributed by atoms with Gasteiger partial charge in [0, 0.05) is 33.4 Å². The minimum absolute atomic E-state index is 0.798. The lowest BCUT2D eigenvalue weighted by atomic mass is 10.4. The highest BCUT2D eigenvalue weighted by Crippen LogP contribution is 2.29. The molecule has 0 aromatic carbocycles. The molecular formula is C11H22N2OS. The van der Waals surface area contributed by atoms with Gasteiger partial charge in [0.1, 0.15) is 0 Å². The highest BCUT2D eigenvalue weighted by atomic mass is 32.1. The first-order valence-electron chi connectivity index (χ1n) is 5.80. The molecule has 0 unspecified atom stereocenters. The first kappa shape index (κ1) is 12.7. The van der Waals surface area contributed by atoms with Gasteiger partial charge in [-0.05, 0) is 44.3 Å². The Morgan fingerprint density at radius 2 is 2.27 bits per heavy atom. The lowest BCUT2D eigenvalue weighted by molar-refractivity contribution is 0.145. The molecular weight excluding hydrogens is 208 g/mol. The molecule has 0 aromatic rings. The first-order valence-corrected chi connectivity index (χ1v) is 6.21. The Morgan fingerprint density at radius 3 is 2.87 bits per heavy atom. The zero-order valence-corrected chi connectivity index (χ0v) is 10.6. The van der Waals surface area contributed by atoms with E-state index in [1.807, 2.05) is 6.92 Å². The fourth-order valence-electron chi connectivity index (χ4n) is 1.42. The third-order valence-electron chi connectivity index (χ3n) is 2.52. The van der Waals surface area contributed by atoms with E-state index in [0.29, 0.717) is 0 Å². The van der Waals surface area contributed by atoms with Crippen LogP contribution in [0.4, 0.5) is 0 Å². The third-order valence-corrected chi connectivity index (χ3v) is 2.98. The summed E-state index contributed by atoms with van der Waals surface area (Å²) in [5.41, 5.74) is 0. The zero-order valence-electron chi connectivity index (χ0n) is 9.79. The SMILES string of the molecule is CCOCCCNC(=S)N(C)CC1CC1. The fraction of sp³-hybridized carbons (Fsp3) is 0.909. The summed E-state index contributed by atoms with van der Waals surface area (Å²) in [4.78, 5) is 2.15. The maximum absolute atomic E-state index is 5.27. The molecule has 1 fully saturated rings. The Bertz CT molecular complexity index is 195. The lowest BCUT2D eigenvalue weighted by Crippen LogP contribution is -2.38. The normalized spacial score (nSPS) is 15.1. The largest absolute Gasteiger partial charge is 0.382 e. The van der Waals surface area contributed by atoms with E-state index < -0.39 is 0 Å². The van der Waals surface area contributed by atoms with Gasteiger partial charge in [-0.15, -0.1) is 0 Å². The Labute approximate surface area is 98.2 Å². The van der Waals surface area contributed by atoms with Crippen LogP contribution in [0.3, 0.4) is 0 Å². The molecule has 3 nitrogen and oxygen atoms in total. The molecule has 0 radical (unpaired) electrons. The second kappa shape index (κ2) is 7.01. The predicted octanol–water partition coefficient (Wildman–Crippen LogP) is 1.63. The molecule has 0 spiro atoms. The summed E-state index contributed by atoms with van der Waals surface area (Å²) in [6.07, 6.45) is 3.76. The van der Waals surface area contributed by atoms with Crippen molar-refractivity contribution < 1.29 is 4.74 Å². The summed E-state index contributed by atoms with van der Waals surface area (Å²) in [6, 6.07) is 0. The summed E-state index contributed by atoms with van der Waals surface area (Å²) < 4.78 is 5.25. The van der Waals surface area contributed by atoms with Crippen molar-refractivity contribution in [2.45, 2.75) is 26.2 Å². The van der Waals surface area contributed by atoms with Crippen LogP contribution in [0, 0.1) is 5.92 Å². The van der Waals surface area contributed by atoms with Gasteiger partial charge in [0.2, 0.25) is 0 Å². The van der Waals surface area contributed by atoms with Crippen molar-refractivity contribution >= 4 is 17.3 Å². The summed E-state index contributed by atoms with van der Waals surface area (Å²) in [7, 11) is 2.07. The number of thiocarbonyl (C=S) groups is 1. The van der Waals surface area contributed by atoms with Gasteiger partial charge >= 0.3 is 0 Å². The van der Waals surface area contributed by atoms with Gasteiger partial charge in [0.05, 0.1) is 0 Å². The molecule has 1 aliphatic carbocycles. The standard InChI is InChI=1S/C11H22N2OS/c1-3-14-8-4-7-12-11(15)13(2)9-10-5-6-10/h10H,3-9H2,1-2H3,(H,12,15). The summed E-state index contributed by atoms with van der Waals surface area (Å²) in [6.45, 7) is 5.65. The van der Waals surface area contributed by atoms with E-state index in [2.05, 4.69) is 17.3 Å². The molecule has 0 atom stereocenters. The van der Waals surface area contributed by atoms with Gasteiger partial charge in [-0.2, -0.15) is 0 Å². The molecule has 4 heteroatoms. The minimum atomic E-state index is 0.798. The topological polar surface area (TPSA) is 24.5 Å². The van der Waals surface area contributed by atoms with Crippen LogP contribution in [0.1, 0.15) is 26.2 Å². The summed E-state index contributed by atoms with van der Waals surface area (Å²) in [5.74, 6) is 0.887. The van der Waals surface area contributed by atoms with Gasteiger partial charge in [0.15, 0.2) is 5.11 Å². The maximum atomic E-state index is 5.27. The molecule has 1 saturated carbocycles. The fourth-order valence-corrected chi connectivity index (χ4v) is 1.60. The molecule has 0 bridgehead atoms.